The molecule has 2 nitrogen and oxygen atoms in total. The molecule has 2 heteroatoms. The van der Waals surface area contributed by atoms with Crippen molar-refractivity contribution < 1.29 is 4.74 Å². The summed E-state index contributed by atoms with van der Waals surface area (Å²) in [4.78, 5) is 2.22. The highest BCUT2D eigenvalue weighted by Crippen LogP contribution is 2.36. The molecule has 0 aromatic heterocycles. The Bertz CT molecular complexity index is 426. The second kappa shape index (κ2) is 3.55. The van der Waals surface area contributed by atoms with Crippen molar-refractivity contribution in [3.05, 3.63) is 41.3 Å². The number of rotatable bonds is 1. The Balaban J connectivity index is 2.52. The summed E-state index contributed by atoms with van der Waals surface area (Å²) in [5.74, 6) is 0.965. The molecule has 16 heavy (non-hydrogen) atoms. The van der Waals surface area contributed by atoms with Crippen LogP contribution in [0, 0.1) is 13.8 Å². The van der Waals surface area contributed by atoms with Crippen LogP contribution in [0.15, 0.2) is 30.2 Å². The van der Waals surface area contributed by atoms with Gasteiger partial charge in [0.2, 0.25) is 0 Å². The normalized spacial score (nSPS) is 18.3. The summed E-state index contributed by atoms with van der Waals surface area (Å²) in [5, 5.41) is 0. The third-order valence-electron chi connectivity index (χ3n) is 2.98. The fourth-order valence-corrected chi connectivity index (χ4v) is 2.33. The lowest BCUT2D eigenvalue weighted by atomic mass is 10.1. The van der Waals surface area contributed by atoms with Gasteiger partial charge in [-0.1, -0.05) is 18.2 Å². The van der Waals surface area contributed by atoms with Gasteiger partial charge in [0.05, 0.1) is 5.69 Å². The Morgan fingerprint density at radius 1 is 1.06 bits per heavy atom. The van der Waals surface area contributed by atoms with Crippen molar-refractivity contribution in [1.29, 1.82) is 0 Å². The number of hydrogen-bond acceptors (Lipinski definition) is 2. The van der Waals surface area contributed by atoms with Crippen LogP contribution in [0.3, 0.4) is 0 Å². The maximum atomic E-state index is 5.81. The van der Waals surface area contributed by atoms with Crippen LogP contribution >= 0.6 is 0 Å². The van der Waals surface area contributed by atoms with Crippen LogP contribution < -0.4 is 4.90 Å². The van der Waals surface area contributed by atoms with Gasteiger partial charge in [-0.2, -0.15) is 0 Å². The molecule has 2 rings (SSSR count). The van der Waals surface area contributed by atoms with Gasteiger partial charge in [0.25, 0.3) is 0 Å². The van der Waals surface area contributed by atoms with Crippen molar-refractivity contribution in [2.45, 2.75) is 40.3 Å². The molecule has 0 amide bonds. The number of nitrogens with zero attached hydrogens (tertiary/aromatic N) is 1. The summed E-state index contributed by atoms with van der Waals surface area (Å²) in [5.41, 5.74) is 3.52. The lowest BCUT2D eigenvalue weighted by Gasteiger charge is -2.33. The van der Waals surface area contributed by atoms with Crippen molar-refractivity contribution in [3.63, 3.8) is 0 Å². The molecule has 1 aliphatic heterocycles. The number of ether oxygens (including phenoxy) is 1. The highest BCUT2D eigenvalue weighted by Gasteiger charge is 2.34. The first-order valence-electron chi connectivity index (χ1n) is 5.65. The third-order valence-corrected chi connectivity index (χ3v) is 2.98. The second-order valence-electron chi connectivity index (χ2n) is 4.90. The van der Waals surface area contributed by atoms with Gasteiger partial charge in [0.15, 0.2) is 5.72 Å². The fourth-order valence-electron chi connectivity index (χ4n) is 2.33. The van der Waals surface area contributed by atoms with Crippen molar-refractivity contribution in [2.75, 3.05) is 4.90 Å². The lowest BCUT2D eigenvalue weighted by molar-refractivity contribution is 0.0641. The molecule has 0 aliphatic carbocycles. The molecule has 0 spiro atoms. The van der Waals surface area contributed by atoms with E-state index in [1.54, 1.807) is 0 Å². The fraction of sp³-hybridized carbons (Fsp3) is 0.429. The molecule has 0 bridgehead atoms. The summed E-state index contributed by atoms with van der Waals surface area (Å²) < 4.78 is 5.81. The summed E-state index contributed by atoms with van der Waals surface area (Å²) >= 11 is 0. The maximum Gasteiger partial charge on any atom is 0.180 e. The number of anilines is 1. The van der Waals surface area contributed by atoms with Gasteiger partial charge in [0, 0.05) is 6.20 Å². The molecule has 1 aromatic carbocycles. The smallest absolute Gasteiger partial charge is 0.180 e. The Morgan fingerprint density at radius 3 is 2.06 bits per heavy atom. The largest absolute Gasteiger partial charge is 0.471 e. The minimum Gasteiger partial charge on any atom is -0.471 e. The van der Waals surface area contributed by atoms with Gasteiger partial charge < -0.3 is 9.64 Å². The maximum absolute atomic E-state index is 5.81. The van der Waals surface area contributed by atoms with Crippen LogP contribution in [-0.4, -0.2) is 5.72 Å². The number of aryl methyl sites for hydroxylation is 2. The zero-order valence-corrected chi connectivity index (χ0v) is 10.7. The first-order chi connectivity index (χ1) is 7.42. The van der Waals surface area contributed by atoms with Gasteiger partial charge >= 0.3 is 0 Å². The lowest BCUT2D eigenvalue weighted by Crippen LogP contribution is -2.38. The predicted molar refractivity (Wildman–Crippen MR) is 67.3 cm³/mol. The summed E-state index contributed by atoms with van der Waals surface area (Å²) in [6.45, 7) is 10.5. The van der Waals surface area contributed by atoms with Gasteiger partial charge in [0.1, 0.15) is 5.76 Å². The van der Waals surface area contributed by atoms with E-state index in [1.807, 2.05) is 6.92 Å². The van der Waals surface area contributed by atoms with E-state index < -0.39 is 0 Å². The van der Waals surface area contributed by atoms with E-state index in [4.69, 9.17) is 4.74 Å². The summed E-state index contributed by atoms with van der Waals surface area (Å²) in [6.07, 6.45) is 2.08. The van der Waals surface area contributed by atoms with E-state index in [1.165, 1.54) is 16.8 Å². The minimum absolute atomic E-state index is 0.291. The molecule has 0 fully saturated rings. The predicted octanol–water partition coefficient (Wildman–Crippen LogP) is 3.74. The van der Waals surface area contributed by atoms with Crippen LogP contribution in [0.1, 0.15) is 31.9 Å². The van der Waals surface area contributed by atoms with Crippen molar-refractivity contribution in [3.8, 4) is 0 Å². The molecule has 0 radical (unpaired) electrons. The quantitative estimate of drug-likeness (QED) is 0.710. The van der Waals surface area contributed by atoms with Crippen LogP contribution in [0.2, 0.25) is 0 Å². The van der Waals surface area contributed by atoms with Crippen molar-refractivity contribution in [1.82, 2.24) is 0 Å². The minimum atomic E-state index is -0.291. The van der Waals surface area contributed by atoms with Gasteiger partial charge in [-0.3, -0.25) is 0 Å². The van der Waals surface area contributed by atoms with E-state index in [2.05, 4.69) is 57.0 Å². The van der Waals surface area contributed by atoms with E-state index >= 15 is 0 Å². The van der Waals surface area contributed by atoms with Crippen LogP contribution in [0.5, 0.6) is 0 Å². The average molecular weight is 217 g/mol. The summed E-state index contributed by atoms with van der Waals surface area (Å²) in [7, 11) is 0. The van der Waals surface area contributed by atoms with Gasteiger partial charge in [-0.05, 0) is 45.7 Å². The second-order valence-corrected chi connectivity index (χ2v) is 4.90. The highest BCUT2D eigenvalue weighted by molar-refractivity contribution is 5.63. The molecule has 0 saturated carbocycles. The molecule has 1 aliphatic rings. The Kier molecular flexibility index (Phi) is 2.45. The number of benzene rings is 1. The Hall–Kier alpha value is -1.44. The van der Waals surface area contributed by atoms with Crippen molar-refractivity contribution >= 4 is 5.69 Å². The standard InChI is InChI=1S/C14H19NO/c1-10-7-6-8-11(2)13(10)15-9-12(3)16-14(15,4)5/h6-9H,1-5H3. The zero-order chi connectivity index (χ0) is 11.9. The molecule has 0 N–H and O–H groups in total. The topological polar surface area (TPSA) is 12.5 Å². The molecule has 1 aromatic rings. The molecular weight excluding hydrogens is 198 g/mol. The zero-order valence-electron chi connectivity index (χ0n) is 10.7. The average Bonchev–Trinajstić information content (AvgIpc) is 2.39. The van der Waals surface area contributed by atoms with E-state index in [0.717, 1.165) is 5.76 Å². The first-order valence-corrected chi connectivity index (χ1v) is 5.65. The van der Waals surface area contributed by atoms with Gasteiger partial charge in [-0.25, -0.2) is 0 Å². The molecule has 1 heterocycles. The van der Waals surface area contributed by atoms with Gasteiger partial charge in [-0.15, -0.1) is 0 Å². The first kappa shape index (κ1) is 11.1. The van der Waals surface area contributed by atoms with Crippen LogP contribution in [-0.2, 0) is 4.74 Å². The Labute approximate surface area is 97.5 Å². The monoisotopic (exact) mass is 217 g/mol. The van der Waals surface area contributed by atoms with Crippen LogP contribution in [0.25, 0.3) is 0 Å². The summed E-state index contributed by atoms with van der Waals surface area (Å²) in [6, 6.07) is 6.37. The van der Waals surface area contributed by atoms with E-state index in [-0.39, 0.29) is 5.72 Å². The molecule has 0 atom stereocenters. The number of para-hydroxylation sites is 1. The van der Waals surface area contributed by atoms with E-state index in [9.17, 15) is 0 Å². The SMILES string of the molecule is CC1=CN(c2c(C)cccc2C)C(C)(C)O1. The van der Waals surface area contributed by atoms with Crippen molar-refractivity contribution in [2.24, 2.45) is 0 Å². The number of allylic oxidation sites excluding steroid dienone is 1. The third kappa shape index (κ3) is 1.69. The highest BCUT2D eigenvalue weighted by atomic mass is 16.5. The molecule has 0 saturated heterocycles. The molecule has 0 unspecified atom stereocenters. The number of hydrogen-bond donors (Lipinski definition) is 0. The van der Waals surface area contributed by atoms with Crippen LogP contribution in [0.4, 0.5) is 5.69 Å². The van der Waals surface area contributed by atoms with E-state index in [0.29, 0.717) is 0 Å². The molecular formula is C14H19NO. The molecule has 86 valence electrons. The Morgan fingerprint density at radius 2 is 1.62 bits per heavy atom.